The molecule has 0 saturated carbocycles. The molecule has 3 nitrogen and oxygen atoms in total. The molecule has 1 aromatic carbocycles. The van der Waals surface area contributed by atoms with E-state index in [9.17, 15) is 4.39 Å². The lowest BCUT2D eigenvalue weighted by molar-refractivity contribution is 0.540. The molecule has 0 bridgehead atoms. The minimum absolute atomic E-state index is 0.253. The number of nitrogens with two attached hydrogens (primary N) is 1. The third-order valence-electron chi connectivity index (χ3n) is 2.71. The molecule has 1 unspecified atom stereocenters. The van der Waals surface area contributed by atoms with E-state index in [-0.39, 0.29) is 5.82 Å². The van der Waals surface area contributed by atoms with E-state index in [0.717, 1.165) is 12.2 Å². The van der Waals surface area contributed by atoms with Crippen LogP contribution in [-0.4, -0.2) is 18.6 Å². The number of hydrogen-bond donors (Lipinski definition) is 1. The zero-order chi connectivity index (χ0) is 12.9. The van der Waals surface area contributed by atoms with Gasteiger partial charge in [-0.15, -0.1) is 0 Å². The van der Waals surface area contributed by atoms with Crippen molar-refractivity contribution < 1.29 is 4.39 Å². The van der Waals surface area contributed by atoms with E-state index in [1.54, 1.807) is 13.0 Å². The summed E-state index contributed by atoms with van der Waals surface area (Å²) in [5, 5.41) is 8.84. The maximum atomic E-state index is 13.1. The van der Waals surface area contributed by atoms with Gasteiger partial charge in [0.1, 0.15) is 11.4 Å². The summed E-state index contributed by atoms with van der Waals surface area (Å²) < 4.78 is 13.1. The van der Waals surface area contributed by atoms with Crippen molar-refractivity contribution in [3.8, 4) is 6.07 Å². The zero-order valence-corrected chi connectivity index (χ0v) is 10.3. The Kier molecular flexibility index (Phi) is 4.47. The highest BCUT2D eigenvalue weighted by Gasteiger charge is 2.18. The SMILES string of the molecule is CCN(CCC(C)(N)C#N)c1cccc(F)c1. The van der Waals surface area contributed by atoms with Crippen LogP contribution >= 0.6 is 0 Å². The number of rotatable bonds is 5. The Morgan fingerprint density at radius 2 is 2.24 bits per heavy atom. The Bertz CT molecular complexity index is 409. The highest BCUT2D eigenvalue weighted by Crippen LogP contribution is 2.17. The van der Waals surface area contributed by atoms with Gasteiger partial charge in [0.2, 0.25) is 0 Å². The normalized spacial score (nSPS) is 13.8. The lowest BCUT2D eigenvalue weighted by atomic mass is 10.0. The standard InChI is InChI=1S/C13H18FN3/c1-3-17(8-7-13(2,16)10-15)12-6-4-5-11(14)9-12/h4-6,9H,3,7-8,16H2,1-2H3. The van der Waals surface area contributed by atoms with Crippen LogP contribution in [0.4, 0.5) is 10.1 Å². The Labute approximate surface area is 102 Å². The van der Waals surface area contributed by atoms with Crippen LogP contribution in [0.3, 0.4) is 0 Å². The summed E-state index contributed by atoms with van der Waals surface area (Å²) in [5.41, 5.74) is 5.75. The van der Waals surface area contributed by atoms with Gasteiger partial charge in [-0.2, -0.15) is 5.26 Å². The summed E-state index contributed by atoms with van der Waals surface area (Å²) in [7, 11) is 0. The first-order valence-corrected chi connectivity index (χ1v) is 5.69. The van der Waals surface area contributed by atoms with Crippen LogP contribution in [0.5, 0.6) is 0 Å². The van der Waals surface area contributed by atoms with Crippen LogP contribution in [0.25, 0.3) is 0 Å². The van der Waals surface area contributed by atoms with Crippen molar-refractivity contribution in [2.45, 2.75) is 25.8 Å². The van der Waals surface area contributed by atoms with Gasteiger partial charge >= 0.3 is 0 Å². The monoisotopic (exact) mass is 235 g/mol. The highest BCUT2D eigenvalue weighted by atomic mass is 19.1. The molecule has 1 rings (SSSR count). The first-order chi connectivity index (χ1) is 7.98. The predicted molar refractivity (Wildman–Crippen MR) is 67.1 cm³/mol. The molecule has 0 radical (unpaired) electrons. The van der Waals surface area contributed by atoms with Gasteiger partial charge < -0.3 is 10.6 Å². The zero-order valence-electron chi connectivity index (χ0n) is 10.3. The van der Waals surface area contributed by atoms with Crippen molar-refractivity contribution in [1.29, 1.82) is 5.26 Å². The van der Waals surface area contributed by atoms with Crippen LogP contribution < -0.4 is 10.6 Å². The van der Waals surface area contributed by atoms with E-state index in [1.165, 1.54) is 12.1 Å². The number of hydrogen-bond acceptors (Lipinski definition) is 3. The second-order valence-electron chi connectivity index (χ2n) is 4.34. The van der Waals surface area contributed by atoms with Gasteiger partial charge in [-0.05, 0) is 38.5 Å². The molecule has 0 fully saturated rings. The van der Waals surface area contributed by atoms with Crippen LogP contribution in [-0.2, 0) is 0 Å². The molecule has 0 aliphatic heterocycles. The fourth-order valence-corrected chi connectivity index (χ4v) is 1.57. The quantitative estimate of drug-likeness (QED) is 0.851. The molecule has 1 aromatic rings. The van der Waals surface area contributed by atoms with Gasteiger partial charge in [-0.3, -0.25) is 0 Å². The molecule has 92 valence electrons. The van der Waals surface area contributed by atoms with Crippen LogP contribution in [0, 0.1) is 17.1 Å². The van der Waals surface area contributed by atoms with Gasteiger partial charge in [-0.25, -0.2) is 4.39 Å². The molecule has 0 heterocycles. The molecule has 0 aliphatic carbocycles. The Morgan fingerprint density at radius 3 is 2.76 bits per heavy atom. The lowest BCUT2D eigenvalue weighted by Gasteiger charge is -2.26. The van der Waals surface area contributed by atoms with Crippen LogP contribution in [0.1, 0.15) is 20.3 Å². The van der Waals surface area contributed by atoms with Crippen molar-refractivity contribution >= 4 is 5.69 Å². The number of benzene rings is 1. The smallest absolute Gasteiger partial charge is 0.125 e. The largest absolute Gasteiger partial charge is 0.372 e. The molecule has 1 atom stereocenters. The average molecular weight is 235 g/mol. The molecule has 0 amide bonds. The van der Waals surface area contributed by atoms with E-state index in [1.807, 2.05) is 17.9 Å². The minimum Gasteiger partial charge on any atom is -0.372 e. The number of nitrogens with zero attached hydrogens (tertiary/aromatic N) is 2. The first-order valence-electron chi connectivity index (χ1n) is 5.69. The summed E-state index contributed by atoms with van der Waals surface area (Å²) in [4.78, 5) is 2.01. The molecule has 17 heavy (non-hydrogen) atoms. The highest BCUT2D eigenvalue weighted by molar-refractivity contribution is 5.46. The minimum atomic E-state index is -0.833. The number of halogens is 1. The summed E-state index contributed by atoms with van der Waals surface area (Å²) >= 11 is 0. The fourth-order valence-electron chi connectivity index (χ4n) is 1.57. The van der Waals surface area contributed by atoms with Crippen molar-refractivity contribution in [2.75, 3.05) is 18.0 Å². The molecule has 4 heteroatoms. The topological polar surface area (TPSA) is 53.0 Å². The predicted octanol–water partition coefficient (Wildman–Crippen LogP) is 2.28. The van der Waals surface area contributed by atoms with Gasteiger partial charge in [0, 0.05) is 18.8 Å². The van der Waals surface area contributed by atoms with Gasteiger partial charge in [-0.1, -0.05) is 6.07 Å². The average Bonchev–Trinajstić information content (AvgIpc) is 2.30. The van der Waals surface area contributed by atoms with E-state index < -0.39 is 5.54 Å². The number of anilines is 1. The van der Waals surface area contributed by atoms with E-state index in [4.69, 9.17) is 11.0 Å². The Morgan fingerprint density at radius 1 is 1.53 bits per heavy atom. The van der Waals surface area contributed by atoms with Crippen molar-refractivity contribution in [1.82, 2.24) is 0 Å². The Hall–Kier alpha value is -1.60. The Balaban J connectivity index is 2.70. The van der Waals surface area contributed by atoms with Crippen molar-refractivity contribution in [2.24, 2.45) is 5.73 Å². The van der Waals surface area contributed by atoms with Crippen molar-refractivity contribution in [3.63, 3.8) is 0 Å². The third-order valence-corrected chi connectivity index (χ3v) is 2.71. The maximum Gasteiger partial charge on any atom is 0.125 e. The first kappa shape index (κ1) is 13.5. The van der Waals surface area contributed by atoms with Gasteiger partial charge in [0.15, 0.2) is 0 Å². The molecule has 2 N–H and O–H groups in total. The number of nitriles is 1. The molecule has 0 aromatic heterocycles. The van der Waals surface area contributed by atoms with E-state index >= 15 is 0 Å². The van der Waals surface area contributed by atoms with Gasteiger partial charge in [0.25, 0.3) is 0 Å². The summed E-state index contributed by atoms with van der Waals surface area (Å²) in [6, 6.07) is 8.50. The van der Waals surface area contributed by atoms with Crippen molar-refractivity contribution in [3.05, 3.63) is 30.1 Å². The second-order valence-corrected chi connectivity index (χ2v) is 4.34. The summed E-state index contributed by atoms with van der Waals surface area (Å²) in [5.74, 6) is -0.253. The van der Waals surface area contributed by atoms with Crippen LogP contribution in [0.2, 0.25) is 0 Å². The van der Waals surface area contributed by atoms with E-state index in [0.29, 0.717) is 13.0 Å². The maximum absolute atomic E-state index is 13.1. The lowest BCUT2D eigenvalue weighted by Crippen LogP contribution is -2.39. The summed E-state index contributed by atoms with van der Waals surface area (Å²) in [6.45, 7) is 5.09. The fraction of sp³-hybridized carbons (Fsp3) is 0.462. The molecule has 0 saturated heterocycles. The molecular weight excluding hydrogens is 217 g/mol. The molecule has 0 spiro atoms. The van der Waals surface area contributed by atoms with Crippen LogP contribution in [0.15, 0.2) is 24.3 Å². The second kappa shape index (κ2) is 5.65. The van der Waals surface area contributed by atoms with E-state index in [2.05, 4.69) is 6.07 Å². The molecular formula is C13H18FN3. The third kappa shape index (κ3) is 4.04. The summed E-state index contributed by atoms with van der Waals surface area (Å²) in [6.07, 6.45) is 0.549. The van der Waals surface area contributed by atoms with Gasteiger partial charge in [0.05, 0.1) is 6.07 Å². The molecule has 0 aliphatic rings.